The predicted octanol–water partition coefficient (Wildman–Crippen LogP) is 0.753. The van der Waals surface area contributed by atoms with Crippen LogP contribution in [0.5, 0.6) is 0 Å². The second-order valence-corrected chi connectivity index (χ2v) is 6.12. The maximum absolute atomic E-state index is 12.4. The van der Waals surface area contributed by atoms with Crippen molar-refractivity contribution >= 4 is 29.2 Å². The molecule has 0 saturated carbocycles. The summed E-state index contributed by atoms with van der Waals surface area (Å²) in [4.78, 5) is 32.9. The van der Waals surface area contributed by atoms with Crippen LogP contribution in [0.2, 0.25) is 0 Å². The third-order valence-corrected chi connectivity index (χ3v) is 4.53. The fourth-order valence-electron chi connectivity index (χ4n) is 3.07. The molecule has 8 nitrogen and oxygen atoms in total. The van der Waals surface area contributed by atoms with Crippen LogP contribution in [0.3, 0.4) is 0 Å². The molecule has 4 rings (SSSR count). The van der Waals surface area contributed by atoms with Crippen LogP contribution in [0.15, 0.2) is 12.7 Å². The number of anilines is 2. The average molecular weight is 325 g/mol. The molecule has 1 amide bonds. The monoisotopic (exact) mass is 325 g/mol. The number of fused-ring (bicyclic) bond motifs is 1. The molecule has 2 N–H and O–H groups in total. The number of H-pyrrole nitrogens is 1. The Morgan fingerprint density at radius 2 is 1.96 bits per heavy atom. The van der Waals surface area contributed by atoms with Gasteiger partial charge in [0.05, 0.1) is 28.9 Å². The first kappa shape index (κ1) is 14.8. The van der Waals surface area contributed by atoms with Gasteiger partial charge in [0.25, 0.3) is 5.91 Å². The standard InChI is InChI=1S/C16H19N7O/c1-10-12(18-8-17-10)7-11-13-14(21-16(11)24)19-9-20-15(13)23-5-3-22(2)4-6-23/h7-9H,3-6H2,1-2H3,(H,17,18)(H,19,20,21,24)/b11-7-. The van der Waals surface area contributed by atoms with Gasteiger partial charge in [-0.25, -0.2) is 15.0 Å². The van der Waals surface area contributed by atoms with E-state index in [1.165, 1.54) is 6.33 Å². The first-order valence-electron chi connectivity index (χ1n) is 7.95. The molecule has 124 valence electrons. The summed E-state index contributed by atoms with van der Waals surface area (Å²) < 4.78 is 0. The molecule has 0 unspecified atom stereocenters. The highest BCUT2D eigenvalue weighted by molar-refractivity contribution is 6.35. The molecule has 0 radical (unpaired) electrons. The Morgan fingerprint density at radius 1 is 1.17 bits per heavy atom. The van der Waals surface area contributed by atoms with Gasteiger partial charge in [-0.1, -0.05) is 0 Å². The third-order valence-electron chi connectivity index (χ3n) is 4.53. The van der Waals surface area contributed by atoms with Crippen molar-refractivity contribution in [2.75, 3.05) is 43.4 Å². The van der Waals surface area contributed by atoms with Crippen LogP contribution in [-0.2, 0) is 4.79 Å². The number of carbonyl (C=O) groups is 1. The summed E-state index contributed by atoms with van der Waals surface area (Å²) in [6.45, 7) is 5.60. The van der Waals surface area contributed by atoms with E-state index in [0.29, 0.717) is 11.4 Å². The predicted molar refractivity (Wildman–Crippen MR) is 91.6 cm³/mol. The number of hydrogen-bond acceptors (Lipinski definition) is 6. The van der Waals surface area contributed by atoms with E-state index in [-0.39, 0.29) is 5.91 Å². The number of likely N-dealkylation sites (N-methyl/N-ethyl adjacent to an activating group) is 1. The number of aromatic amines is 1. The molecule has 0 bridgehead atoms. The van der Waals surface area contributed by atoms with Gasteiger partial charge in [0, 0.05) is 26.2 Å². The van der Waals surface area contributed by atoms with E-state index in [0.717, 1.165) is 48.9 Å². The van der Waals surface area contributed by atoms with E-state index >= 15 is 0 Å². The Hall–Kier alpha value is -2.74. The lowest BCUT2D eigenvalue weighted by Gasteiger charge is -2.33. The maximum Gasteiger partial charge on any atom is 0.257 e. The Bertz CT molecular complexity index is 818. The second-order valence-electron chi connectivity index (χ2n) is 6.12. The van der Waals surface area contributed by atoms with Crippen LogP contribution in [-0.4, -0.2) is 64.0 Å². The lowest BCUT2D eigenvalue weighted by molar-refractivity contribution is -0.110. The Kier molecular flexibility index (Phi) is 3.53. The van der Waals surface area contributed by atoms with Crippen molar-refractivity contribution in [2.24, 2.45) is 0 Å². The van der Waals surface area contributed by atoms with Crippen molar-refractivity contribution in [2.45, 2.75) is 6.92 Å². The number of hydrogen-bond donors (Lipinski definition) is 2. The van der Waals surface area contributed by atoms with Gasteiger partial charge in [-0.15, -0.1) is 0 Å². The molecule has 0 spiro atoms. The van der Waals surface area contributed by atoms with Crippen molar-refractivity contribution in [3.63, 3.8) is 0 Å². The molecular weight excluding hydrogens is 306 g/mol. The fourth-order valence-corrected chi connectivity index (χ4v) is 3.07. The molecule has 2 aliphatic rings. The van der Waals surface area contributed by atoms with Crippen LogP contribution in [0.1, 0.15) is 17.0 Å². The highest BCUT2D eigenvalue weighted by Crippen LogP contribution is 2.37. The normalized spacial score (nSPS) is 19.7. The van der Waals surface area contributed by atoms with Crippen LogP contribution in [0, 0.1) is 6.92 Å². The number of aryl methyl sites for hydroxylation is 1. The SMILES string of the molecule is Cc1nc[nH]c1/C=C1\C(=O)Nc2ncnc(N3CCN(C)CC3)c21. The van der Waals surface area contributed by atoms with Gasteiger partial charge in [-0.2, -0.15) is 0 Å². The largest absolute Gasteiger partial charge is 0.353 e. The Morgan fingerprint density at radius 3 is 2.67 bits per heavy atom. The quantitative estimate of drug-likeness (QED) is 0.792. The summed E-state index contributed by atoms with van der Waals surface area (Å²) in [5, 5.41) is 2.84. The highest BCUT2D eigenvalue weighted by Gasteiger charge is 2.32. The number of carbonyl (C=O) groups excluding carboxylic acids is 1. The lowest BCUT2D eigenvalue weighted by Crippen LogP contribution is -2.45. The van der Waals surface area contributed by atoms with Gasteiger partial charge in [-0.3, -0.25) is 4.79 Å². The number of nitrogens with one attached hydrogen (secondary N) is 2. The number of nitrogens with zero attached hydrogens (tertiary/aromatic N) is 5. The lowest BCUT2D eigenvalue weighted by atomic mass is 10.1. The maximum atomic E-state index is 12.4. The van der Waals surface area contributed by atoms with E-state index in [1.807, 2.05) is 13.0 Å². The van der Waals surface area contributed by atoms with Crippen molar-refractivity contribution in [3.05, 3.63) is 29.6 Å². The molecule has 8 heteroatoms. The molecule has 0 atom stereocenters. The van der Waals surface area contributed by atoms with E-state index in [4.69, 9.17) is 0 Å². The van der Waals surface area contributed by atoms with Crippen molar-refractivity contribution in [3.8, 4) is 0 Å². The number of rotatable bonds is 2. The minimum Gasteiger partial charge on any atom is -0.353 e. The number of piperazine rings is 1. The van der Waals surface area contributed by atoms with E-state index < -0.39 is 0 Å². The van der Waals surface area contributed by atoms with E-state index in [2.05, 4.69) is 42.1 Å². The zero-order chi connectivity index (χ0) is 16.7. The van der Waals surface area contributed by atoms with Crippen molar-refractivity contribution < 1.29 is 4.79 Å². The minimum atomic E-state index is -0.158. The topological polar surface area (TPSA) is 90.0 Å². The van der Waals surface area contributed by atoms with Gasteiger partial charge < -0.3 is 20.1 Å². The molecule has 0 aromatic carbocycles. The molecular formula is C16H19N7O. The summed E-state index contributed by atoms with van der Waals surface area (Å²) in [5.74, 6) is 1.23. The van der Waals surface area contributed by atoms with E-state index in [9.17, 15) is 4.79 Å². The molecule has 0 aliphatic carbocycles. The number of amides is 1. The van der Waals surface area contributed by atoms with Crippen LogP contribution in [0.4, 0.5) is 11.6 Å². The van der Waals surface area contributed by atoms with E-state index in [1.54, 1.807) is 6.33 Å². The van der Waals surface area contributed by atoms with Gasteiger partial charge in [0.1, 0.15) is 18.0 Å². The second kappa shape index (κ2) is 5.72. The molecule has 2 aromatic heterocycles. The first-order valence-corrected chi connectivity index (χ1v) is 7.95. The highest BCUT2D eigenvalue weighted by atomic mass is 16.2. The number of imidazole rings is 1. The smallest absolute Gasteiger partial charge is 0.257 e. The summed E-state index contributed by atoms with van der Waals surface area (Å²) in [7, 11) is 2.11. The average Bonchev–Trinajstić information content (AvgIpc) is 3.12. The first-order chi connectivity index (χ1) is 11.6. The summed E-state index contributed by atoms with van der Waals surface area (Å²) >= 11 is 0. The van der Waals surface area contributed by atoms with Gasteiger partial charge in [0.15, 0.2) is 0 Å². The fraction of sp³-hybridized carbons (Fsp3) is 0.375. The third kappa shape index (κ3) is 2.44. The molecule has 1 saturated heterocycles. The zero-order valence-electron chi connectivity index (χ0n) is 13.7. The Labute approximate surface area is 139 Å². The summed E-state index contributed by atoms with van der Waals surface area (Å²) in [6.07, 6.45) is 4.96. The van der Waals surface area contributed by atoms with Gasteiger partial charge in [-0.05, 0) is 20.0 Å². The molecule has 2 aliphatic heterocycles. The minimum absolute atomic E-state index is 0.158. The Balaban J connectivity index is 1.78. The molecule has 2 aromatic rings. The summed E-state index contributed by atoms with van der Waals surface area (Å²) in [5.41, 5.74) is 3.02. The van der Waals surface area contributed by atoms with Crippen LogP contribution < -0.4 is 10.2 Å². The van der Waals surface area contributed by atoms with Crippen molar-refractivity contribution in [1.29, 1.82) is 0 Å². The van der Waals surface area contributed by atoms with Gasteiger partial charge >= 0.3 is 0 Å². The number of aromatic nitrogens is 4. The molecule has 1 fully saturated rings. The molecule has 4 heterocycles. The zero-order valence-corrected chi connectivity index (χ0v) is 13.7. The molecule has 24 heavy (non-hydrogen) atoms. The van der Waals surface area contributed by atoms with Gasteiger partial charge in [0.2, 0.25) is 0 Å². The van der Waals surface area contributed by atoms with Crippen LogP contribution >= 0.6 is 0 Å². The van der Waals surface area contributed by atoms with Crippen LogP contribution in [0.25, 0.3) is 11.6 Å². The van der Waals surface area contributed by atoms with Crippen molar-refractivity contribution in [1.82, 2.24) is 24.8 Å². The summed E-state index contributed by atoms with van der Waals surface area (Å²) in [6, 6.07) is 0.